The third kappa shape index (κ3) is 6.05. The van der Waals surface area contributed by atoms with Gasteiger partial charge in [0.05, 0.1) is 11.3 Å². The Hall–Kier alpha value is -3.44. The van der Waals surface area contributed by atoms with Crippen LogP contribution in [0.2, 0.25) is 0 Å². The average Bonchev–Trinajstić information content (AvgIpc) is 2.64. The molecule has 3 rings (SSSR count). The van der Waals surface area contributed by atoms with Crippen LogP contribution in [0.15, 0.2) is 60.8 Å². The van der Waals surface area contributed by atoms with E-state index in [1.54, 1.807) is 0 Å². The fourth-order valence-corrected chi connectivity index (χ4v) is 2.77. The molecule has 3 aromatic rings. The molecule has 0 N–H and O–H groups in total. The molecule has 0 bridgehead atoms. The van der Waals surface area contributed by atoms with Gasteiger partial charge in [0.2, 0.25) is 0 Å². The second-order valence-electron chi connectivity index (χ2n) is 6.27. The Morgan fingerprint density at radius 1 is 0.625 bits per heavy atom. The summed E-state index contributed by atoms with van der Waals surface area (Å²) in [5, 5.41) is 0. The summed E-state index contributed by atoms with van der Waals surface area (Å²) in [6.07, 6.45) is -14.4. The van der Waals surface area contributed by atoms with Gasteiger partial charge in [0.25, 0.3) is 0 Å². The van der Waals surface area contributed by atoms with Crippen molar-refractivity contribution < 1.29 is 49.0 Å². The second-order valence-corrected chi connectivity index (χ2v) is 6.27. The van der Waals surface area contributed by atoms with Crippen molar-refractivity contribution in [3.63, 3.8) is 0 Å². The maximum absolute atomic E-state index is 13.2. The Morgan fingerprint density at radius 2 is 1.12 bits per heavy atom. The van der Waals surface area contributed by atoms with Gasteiger partial charge >= 0.3 is 18.9 Å². The number of alkyl halides is 9. The molecule has 0 radical (unpaired) electrons. The van der Waals surface area contributed by atoms with Crippen LogP contribution in [0.4, 0.5) is 39.5 Å². The topological polar surface area (TPSA) is 31.4 Å². The van der Waals surface area contributed by atoms with Crippen LogP contribution < -0.4 is 9.47 Å². The first-order valence-corrected chi connectivity index (χ1v) is 8.51. The number of ether oxygens (including phenoxy) is 2. The van der Waals surface area contributed by atoms with E-state index in [2.05, 4.69) is 14.5 Å². The van der Waals surface area contributed by atoms with E-state index < -0.39 is 36.0 Å². The fraction of sp³-hybridized carbons (Fsp3) is 0.150. The number of aromatic nitrogens is 1. The van der Waals surface area contributed by atoms with Crippen LogP contribution in [0.3, 0.4) is 0 Å². The number of nitrogens with zero attached hydrogens (tertiary/aromatic N) is 1. The summed E-state index contributed by atoms with van der Waals surface area (Å²) in [5.74, 6) is -1.36. The largest absolute Gasteiger partial charge is 0.573 e. The highest BCUT2D eigenvalue weighted by atomic mass is 19.4. The van der Waals surface area contributed by atoms with Crippen molar-refractivity contribution in [2.24, 2.45) is 0 Å². The Morgan fingerprint density at radius 3 is 1.62 bits per heavy atom. The zero-order valence-electron chi connectivity index (χ0n) is 15.4. The smallest absolute Gasteiger partial charge is 0.406 e. The van der Waals surface area contributed by atoms with E-state index in [1.165, 1.54) is 12.1 Å². The van der Waals surface area contributed by atoms with Crippen LogP contribution in [0, 0.1) is 0 Å². The number of pyridine rings is 1. The summed E-state index contributed by atoms with van der Waals surface area (Å²) in [5.41, 5.74) is -1.90. The van der Waals surface area contributed by atoms with E-state index in [4.69, 9.17) is 0 Å². The van der Waals surface area contributed by atoms with Gasteiger partial charge in [-0.15, -0.1) is 26.3 Å². The van der Waals surface area contributed by atoms with Crippen molar-refractivity contribution in [3.8, 4) is 33.9 Å². The molecule has 170 valence electrons. The van der Waals surface area contributed by atoms with Gasteiger partial charge in [-0.3, -0.25) is 4.98 Å². The molecule has 0 aliphatic rings. The third-order valence-electron chi connectivity index (χ3n) is 3.93. The lowest BCUT2D eigenvalue weighted by Crippen LogP contribution is -2.17. The van der Waals surface area contributed by atoms with Crippen molar-refractivity contribution >= 4 is 0 Å². The van der Waals surface area contributed by atoms with E-state index in [0.29, 0.717) is 12.3 Å². The molecule has 0 saturated carbocycles. The molecular formula is C20H10F9NO2. The highest BCUT2D eigenvalue weighted by molar-refractivity contribution is 5.82. The normalized spacial score (nSPS) is 12.5. The Kier molecular flexibility index (Phi) is 5.98. The third-order valence-corrected chi connectivity index (χ3v) is 3.93. The van der Waals surface area contributed by atoms with E-state index >= 15 is 0 Å². The van der Waals surface area contributed by atoms with Crippen molar-refractivity contribution in [1.82, 2.24) is 4.98 Å². The lowest BCUT2D eigenvalue weighted by atomic mass is 9.97. The van der Waals surface area contributed by atoms with Gasteiger partial charge in [0.1, 0.15) is 11.5 Å². The van der Waals surface area contributed by atoms with Crippen LogP contribution in [-0.4, -0.2) is 17.7 Å². The summed E-state index contributed by atoms with van der Waals surface area (Å²) < 4.78 is 122. The van der Waals surface area contributed by atoms with Crippen LogP contribution in [0.1, 0.15) is 5.56 Å². The zero-order chi connectivity index (χ0) is 23.7. The fourth-order valence-electron chi connectivity index (χ4n) is 2.77. The molecule has 0 amide bonds. The molecule has 0 aliphatic heterocycles. The summed E-state index contributed by atoms with van der Waals surface area (Å²) in [4.78, 5) is 3.71. The van der Waals surface area contributed by atoms with Gasteiger partial charge in [-0.1, -0.05) is 24.3 Å². The maximum Gasteiger partial charge on any atom is 0.573 e. The lowest BCUT2D eigenvalue weighted by molar-refractivity contribution is -0.275. The van der Waals surface area contributed by atoms with Crippen LogP contribution in [-0.2, 0) is 6.18 Å². The van der Waals surface area contributed by atoms with Crippen molar-refractivity contribution in [2.45, 2.75) is 18.9 Å². The van der Waals surface area contributed by atoms with E-state index in [-0.39, 0.29) is 22.4 Å². The summed E-state index contributed by atoms with van der Waals surface area (Å²) >= 11 is 0. The average molecular weight is 467 g/mol. The van der Waals surface area contributed by atoms with Crippen molar-refractivity contribution in [1.29, 1.82) is 0 Å². The SMILES string of the molecule is FC(F)(F)Oc1cccc(-c2cc(C(F)(F)F)cnc2-c2cccc(OC(F)(F)F)c2)c1. The minimum atomic E-state index is -5.04. The summed E-state index contributed by atoms with van der Waals surface area (Å²) in [7, 11) is 0. The predicted octanol–water partition coefficient (Wildman–Crippen LogP) is 7.23. The Bertz CT molecular complexity index is 1110. The monoisotopic (exact) mass is 467 g/mol. The van der Waals surface area contributed by atoms with Crippen LogP contribution in [0.5, 0.6) is 11.5 Å². The summed E-state index contributed by atoms with van der Waals surface area (Å²) in [6, 6.07) is 9.01. The van der Waals surface area contributed by atoms with E-state index in [1.807, 2.05) is 0 Å². The molecule has 0 unspecified atom stereocenters. The first-order valence-electron chi connectivity index (χ1n) is 8.51. The van der Waals surface area contributed by atoms with Crippen LogP contribution >= 0.6 is 0 Å². The number of hydrogen-bond acceptors (Lipinski definition) is 3. The van der Waals surface area contributed by atoms with Gasteiger partial charge in [0.15, 0.2) is 0 Å². The number of halogens is 9. The molecule has 12 heteroatoms. The van der Waals surface area contributed by atoms with Crippen molar-refractivity contribution in [3.05, 3.63) is 66.4 Å². The molecular weight excluding hydrogens is 457 g/mol. The first-order chi connectivity index (χ1) is 14.7. The van der Waals surface area contributed by atoms with Gasteiger partial charge in [0, 0.05) is 17.3 Å². The first kappa shape index (κ1) is 23.2. The van der Waals surface area contributed by atoms with E-state index in [0.717, 1.165) is 36.4 Å². The molecule has 3 nitrogen and oxygen atoms in total. The number of benzene rings is 2. The molecule has 0 aliphatic carbocycles. The molecule has 0 saturated heterocycles. The lowest BCUT2D eigenvalue weighted by Gasteiger charge is -2.16. The van der Waals surface area contributed by atoms with Gasteiger partial charge < -0.3 is 9.47 Å². The van der Waals surface area contributed by atoms with Crippen LogP contribution in [0.25, 0.3) is 22.4 Å². The maximum atomic E-state index is 13.2. The molecule has 32 heavy (non-hydrogen) atoms. The second kappa shape index (κ2) is 8.24. The number of rotatable bonds is 4. The Balaban J connectivity index is 2.15. The minimum Gasteiger partial charge on any atom is -0.406 e. The number of hydrogen-bond donors (Lipinski definition) is 0. The molecule has 0 spiro atoms. The van der Waals surface area contributed by atoms with Gasteiger partial charge in [-0.25, -0.2) is 0 Å². The minimum absolute atomic E-state index is 0.0578. The molecule has 0 fully saturated rings. The van der Waals surface area contributed by atoms with Crippen molar-refractivity contribution in [2.75, 3.05) is 0 Å². The highest BCUT2D eigenvalue weighted by Crippen LogP contribution is 2.39. The molecule has 0 atom stereocenters. The van der Waals surface area contributed by atoms with E-state index in [9.17, 15) is 39.5 Å². The molecule has 1 aromatic heterocycles. The predicted molar refractivity (Wildman–Crippen MR) is 93.5 cm³/mol. The van der Waals surface area contributed by atoms with Gasteiger partial charge in [-0.05, 0) is 35.9 Å². The molecule has 1 heterocycles. The summed E-state index contributed by atoms with van der Waals surface area (Å²) in [6.45, 7) is 0. The highest BCUT2D eigenvalue weighted by Gasteiger charge is 2.34. The van der Waals surface area contributed by atoms with Gasteiger partial charge in [-0.2, -0.15) is 13.2 Å². The Labute approximate surface area is 174 Å². The standard InChI is InChI=1S/C20H10F9NO2/c21-18(22,23)13-9-16(11-3-1-5-14(7-11)31-19(24,25)26)17(30-10-13)12-4-2-6-15(8-12)32-20(27,28)29/h1-10H. The quantitative estimate of drug-likeness (QED) is 0.380. The molecule has 2 aromatic carbocycles. The zero-order valence-corrected chi connectivity index (χ0v) is 15.4.